The summed E-state index contributed by atoms with van der Waals surface area (Å²) < 4.78 is 15.8. The van der Waals surface area contributed by atoms with Crippen LogP contribution in [0.1, 0.15) is 12.5 Å². The molecule has 0 saturated heterocycles. The van der Waals surface area contributed by atoms with Crippen molar-refractivity contribution in [2.75, 3.05) is 21.3 Å². The summed E-state index contributed by atoms with van der Waals surface area (Å²) >= 11 is 4.67. The van der Waals surface area contributed by atoms with Crippen LogP contribution in [0.25, 0.3) is 6.08 Å². The van der Waals surface area contributed by atoms with Gasteiger partial charge in [-0.3, -0.25) is 5.43 Å². The van der Waals surface area contributed by atoms with E-state index in [1.54, 1.807) is 21.3 Å². The van der Waals surface area contributed by atoms with Gasteiger partial charge in [-0.25, -0.2) is 0 Å². The van der Waals surface area contributed by atoms with Crippen molar-refractivity contribution < 1.29 is 14.2 Å². The Morgan fingerprint density at radius 2 is 1.76 bits per heavy atom. The third-order valence-corrected chi connectivity index (χ3v) is 2.64. The van der Waals surface area contributed by atoms with E-state index in [-0.39, 0.29) is 5.11 Å². The minimum Gasteiger partial charge on any atom is -0.493 e. The molecule has 0 heterocycles. The third kappa shape index (κ3) is 4.96. The minimum atomic E-state index is 0.121. The molecule has 0 amide bonds. The molecule has 0 aliphatic rings. The van der Waals surface area contributed by atoms with E-state index >= 15 is 0 Å². The molecule has 0 aliphatic carbocycles. The Labute approximate surface area is 129 Å². The maximum Gasteiger partial charge on any atom is 0.203 e. The van der Waals surface area contributed by atoms with Crippen molar-refractivity contribution in [3.05, 3.63) is 23.8 Å². The summed E-state index contributed by atoms with van der Waals surface area (Å²) in [6.45, 7) is 1.82. The molecule has 7 heteroatoms. The molecule has 0 bridgehead atoms. The van der Waals surface area contributed by atoms with Crippen LogP contribution in [0.15, 0.2) is 23.3 Å². The van der Waals surface area contributed by atoms with Crippen LogP contribution in [-0.2, 0) is 0 Å². The van der Waals surface area contributed by atoms with E-state index in [4.69, 9.17) is 19.9 Å². The number of benzene rings is 1. The lowest BCUT2D eigenvalue weighted by molar-refractivity contribution is 0.324. The zero-order valence-corrected chi connectivity index (χ0v) is 13.3. The van der Waals surface area contributed by atoms with Gasteiger partial charge in [-0.2, -0.15) is 5.10 Å². The van der Waals surface area contributed by atoms with E-state index in [0.717, 1.165) is 11.3 Å². The van der Waals surface area contributed by atoms with Crippen LogP contribution in [0.5, 0.6) is 17.2 Å². The second-order valence-electron chi connectivity index (χ2n) is 4.02. The first-order valence-corrected chi connectivity index (χ1v) is 6.50. The van der Waals surface area contributed by atoms with Gasteiger partial charge < -0.3 is 19.9 Å². The first-order chi connectivity index (χ1) is 10.0. The number of thiocarbonyl (C=S) groups is 1. The zero-order chi connectivity index (χ0) is 15.8. The van der Waals surface area contributed by atoms with Crippen molar-refractivity contribution in [3.63, 3.8) is 0 Å². The van der Waals surface area contributed by atoms with E-state index < -0.39 is 0 Å². The first-order valence-electron chi connectivity index (χ1n) is 6.09. The zero-order valence-electron chi connectivity index (χ0n) is 12.5. The molecule has 0 aromatic heterocycles. The highest BCUT2D eigenvalue weighted by molar-refractivity contribution is 7.80. The second kappa shape index (κ2) is 8.11. The normalized spacial score (nSPS) is 11.3. The summed E-state index contributed by atoms with van der Waals surface area (Å²) in [5.41, 5.74) is 9.42. The molecule has 1 aromatic rings. The highest BCUT2D eigenvalue weighted by Gasteiger charge is 2.11. The molecule has 0 saturated carbocycles. The number of hydrogen-bond donors (Lipinski definition) is 2. The van der Waals surface area contributed by atoms with Gasteiger partial charge in [-0.1, -0.05) is 6.08 Å². The van der Waals surface area contributed by atoms with Crippen LogP contribution in [0.3, 0.4) is 0 Å². The minimum absolute atomic E-state index is 0.121. The van der Waals surface area contributed by atoms with Crippen molar-refractivity contribution >= 4 is 29.1 Å². The molecule has 0 atom stereocenters. The number of hydrazone groups is 1. The molecule has 0 aliphatic heterocycles. The largest absolute Gasteiger partial charge is 0.493 e. The SMILES string of the molecule is COc1cc(/C=C\C(C)=N/NC(N)=S)cc(OC)c1OC. The molecule has 0 unspecified atom stereocenters. The van der Waals surface area contributed by atoms with Crippen molar-refractivity contribution in [2.45, 2.75) is 6.92 Å². The van der Waals surface area contributed by atoms with Gasteiger partial charge in [0.05, 0.1) is 27.0 Å². The van der Waals surface area contributed by atoms with E-state index in [1.165, 1.54) is 0 Å². The summed E-state index contributed by atoms with van der Waals surface area (Å²) in [6, 6.07) is 3.68. The summed E-state index contributed by atoms with van der Waals surface area (Å²) in [7, 11) is 4.71. The standard InChI is InChI=1S/C14H19N3O3S/c1-9(16-17-14(15)21)5-6-10-7-11(18-2)13(20-4)12(8-10)19-3/h5-8H,1-4H3,(H3,15,17,21)/b6-5-,16-9-. The van der Waals surface area contributed by atoms with Gasteiger partial charge in [0.1, 0.15) is 0 Å². The lowest BCUT2D eigenvalue weighted by Crippen LogP contribution is -2.24. The maximum atomic E-state index is 5.30. The Balaban J connectivity index is 3.03. The van der Waals surface area contributed by atoms with Crippen molar-refractivity contribution in [1.82, 2.24) is 5.43 Å². The predicted octanol–water partition coefficient (Wildman–Crippen LogP) is 1.93. The van der Waals surface area contributed by atoms with Gasteiger partial charge in [0.25, 0.3) is 0 Å². The van der Waals surface area contributed by atoms with Gasteiger partial charge in [-0.15, -0.1) is 0 Å². The molecule has 0 radical (unpaired) electrons. The summed E-state index contributed by atoms with van der Waals surface area (Å²) in [6.07, 6.45) is 3.68. The average molecular weight is 309 g/mol. The van der Waals surface area contributed by atoms with Crippen LogP contribution in [0.4, 0.5) is 0 Å². The van der Waals surface area contributed by atoms with Crippen molar-refractivity contribution in [1.29, 1.82) is 0 Å². The molecule has 1 rings (SSSR count). The van der Waals surface area contributed by atoms with Crippen LogP contribution in [0.2, 0.25) is 0 Å². The van der Waals surface area contributed by atoms with E-state index in [9.17, 15) is 0 Å². The lowest BCUT2D eigenvalue weighted by atomic mass is 10.1. The third-order valence-electron chi connectivity index (χ3n) is 2.55. The Morgan fingerprint density at radius 3 is 2.19 bits per heavy atom. The lowest BCUT2D eigenvalue weighted by Gasteiger charge is -2.12. The van der Waals surface area contributed by atoms with Gasteiger partial charge in [0.2, 0.25) is 5.75 Å². The van der Waals surface area contributed by atoms with Crippen LogP contribution >= 0.6 is 12.2 Å². The highest BCUT2D eigenvalue weighted by Crippen LogP contribution is 2.38. The molecule has 3 N–H and O–H groups in total. The molecule has 0 spiro atoms. The van der Waals surface area contributed by atoms with Gasteiger partial charge >= 0.3 is 0 Å². The fourth-order valence-electron chi connectivity index (χ4n) is 1.59. The molecule has 0 fully saturated rings. The quantitative estimate of drug-likeness (QED) is 0.475. The Bertz CT molecular complexity index is 546. The first kappa shape index (κ1) is 16.8. The molecule has 1 aromatic carbocycles. The summed E-state index contributed by atoms with van der Waals surface area (Å²) in [4.78, 5) is 0. The highest BCUT2D eigenvalue weighted by atomic mass is 32.1. The molecule has 6 nitrogen and oxygen atoms in total. The number of rotatable bonds is 6. The number of methoxy groups -OCH3 is 3. The van der Waals surface area contributed by atoms with Gasteiger partial charge in [0.15, 0.2) is 16.6 Å². The monoisotopic (exact) mass is 309 g/mol. The molecular weight excluding hydrogens is 290 g/mol. The fourth-order valence-corrected chi connectivity index (χ4v) is 1.64. The maximum absolute atomic E-state index is 5.30. The van der Waals surface area contributed by atoms with Crippen LogP contribution < -0.4 is 25.4 Å². The van der Waals surface area contributed by atoms with E-state index in [0.29, 0.717) is 17.2 Å². The molecule has 114 valence electrons. The number of nitrogens with zero attached hydrogens (tertiary/aromatic N) is 1. The van der Waals surface area contributed by atoms with E-state index in [1.807, 2.05) is 31.2 Å². The number of hydrogen-bond acceptors (Lipinski definition) is 5. The summed E-state index contributed by atoms with van der Waals surface area (Å²) in [5.74, 6) is 1.73. The Morgan fingerprint density at radius 1 is 1.19 bits per heavy atom. The average Bonchev–Trinajstić information content (AvgIpc) is 2.49. The van der Waals surface area contributed by atoms with Crippen molar-refractivity contribution in [2.24, 2.45) is 10.8 Å². The van der Waals surface area contributed by atoms with Crippen molar-refractivity contribution in [3.8, 4) is 17.2 Å². The summed E-state index contributed by atoms with van der Waals surface area (Å²) in [5, 5.41) is 4.10. The second-order valence-corrected chi connectivity index (χ2v) is 4.46. The molecular formula is C14H19N3O3S. The smallest absolute Gasteiger partial charge is 0.203 e. The Hall–Kier alpha value is -2.28. The fraction of sp³-hybridized carbons (Fsp3) is 0.286. The number of allylic oxidation sites excluding steroid dienone is 1. The topological polar surface area (TPSA) is 78.1 Å². The van der Waals surface area contributed by atoms with Crippen LogP contribution in [-0.4, -0.2) is 32.2 Å². The predicted molar refractivity (Wildman–Crippen MR) is 88.2 cm³/mol. The van der Waals surface area contributed by atoms with Gasteiger partial charge in [-0.05, 0) is 42.9 Å². The Kier molecular flexibility index (Phi) is 6.48. The number of nitrogens with two attached hydrogens (primary N) is 1. The van der Waals surface area contributed by atoms with E-state index in [2.05, 4.69) is 22.7 Å². The van der Waals surface area contributed by atoms with Gasteiger partial charge in [0, 0.05) is 0 Å². The van der Waals surface area contributed by atoms with Crippen LogP contribution in [0, 0.1) is 0 Å². The molecule has 21 heavy (non-hydrogen) atoms. The number of ether oxygens (including phenoxy) is 3. The number of nitrogens with one attached hydrogen (secondary N) is 1.